The third kappa shape index (κ3) is 5.85. The van der Waals surface area contributed by atoms with Gasteiger partial charge in [0.2, 0.25) is 0 Å². The SMILES string of the molecule is c1ccc(-c2cccc(-c3ccc(-n4c5ccccc5c5cccc(-n6c7ccccc7c7c([Si](c8ccccc8)(c8ccccc8)c8ccccc8)cccc76)c54)cc3)c2)cc1. The molecule has 63 heavy (non-hydrogen) atoms. The van der Waals surface area contributed by atoms with Gasteiger partial charge in [-0.05, 0) is 85.5 Å². The van der Waals surface area contributed by atoms with Crippen LogP contribution in [-0.2, 0) is 0 Å². The average Bonchev–Trinajstić information content (AvgIpc) is 3.89. The van der Waals surface area contributed by atoms with Crippen molar-refractivity contribution < 1.29 is 0 Å². The fourth-order valence-corrected chi connectivity index (χ4v) is 15.4. The second kappa shape index (κ2) is 15.2. The summed E-state index contributed by atoms with van der Waals surface area (Å²) < 4.78 is 5.01. The molecule has 0 aliphatic carbocycles. The van der Waals surface area contributed by atoms with E-state index < -0.39 is 8.07 Å². The van der Waals surface area contributed by atoms with Crippen LogP contribution in [0.25, 0.3) is 77.2 Å². The average molecular weight is 819 g/mol. The standard InChI is InChI=1S/C60H42N2Si/c1-5-20-43(21-6-1)45-22-17-23-46(42-45)44-38-40-47(41-39-44)61-54-33-15-13-30-51(54)52-32-18-36-57(60(52)61)62-55-34-16-14-31-53(55)59-56(62)35-19-37-58(59)63(48-24-7-2-8-25-48,49-26-9-3-10-27-49)50-28-11-4-12-29-50/h1-42H. The molecule has 2 nitrogen and oxygen atoms in total. The Morgan fingerprint density at radius 1 is 0.286 bits per heavy atom. The molecule has 2 heterocycles. The van der Waals surface area contributed by atoms with E-state index in [0.29, 0.717) is 0 Å². The molecule has 0 saturated heterocycles. The van der Waals surface area contributed by atoms with Crippen molar-refractivity contribution in [1.29, 1.82) is 0 Å². The Morgan fingerprint density at radius 2 is 0.730 bits per heavy atom. The molecule has 0 saturated carbocycles. The summed E-state index contributed by atoms with van der Waals surface area (Å²) in [5, 5.41) is 10.5. The molecule has 0 N–H and O–H groups in total. The number of nitrogens with zero attached hydrogens (tertiary/aromatic N) is 2. The lowest BCUT2D eigenvalue weighted by Gasteiger charge is -2.35. The molecule has 3 heteroatoms. The molecule has 12 aromatic rings. The van der Waals surface area contributed by atoms with Gasteiger partial charge in [0.05, 0.1) is 27.8 Å². The number of aromatic nitrogens is 2. The highest BCUT2D eigenvalue weighted by Crippen LogP contribution is 2.40. The third-order valence-electron chi connectivity index (χ3n) is 13.1. The first-order valence-corrected chi connectivity index (χ1v) is 23.8. The second-order valence-corrected chi connectivity index (χ2v) is 20.2. The van der Waals surface area contributed by atoms with E-state index in [-0.39, 0.29) is 0 Å². The lowest BCUT2D eigenvalue weighted by Crippen LogP contribution is -2.74. The van der Waals surface area contributed by atoms with Crippen molar-refractivity contribution in [3.05, 3.63) is 255 Å². The van der Waals surface area contributed by atoms with Crippen LogP contribution >= 0.6 is 0 Å². The number of benzene rings is 10. The minimum atomic E-state index is -2.89. The van der Waals surface area contributed by atoms with Gasteiger partial charge in [-0.2, -0.15) is 0 Å². The zero-order valence-electron chi connectivity index (χ0n) is 34.6. The van der Waals surface area contributed by atoms with Gasteiger partial charge in [0.25, 0.3) is 0 Å². The van der Waals surface area contributed by atoms with Crippen LogP contribution in [0.5, 0.6) is 0 Å². The molecular weight excluding hydrogens is 777 g/mol. The van der Waals surface area contributed by atoms with E-state index in [1.807, 2.05) is 0 Å². The third-order valence-corrected chi connectivity index (χ3v) is 17.9. The topological polar surface area (TPSA) is 9.86 Å². The van der Waals surface area contributed by atoms with Crippen molar-refractivity contribution in [3.8, 4) is 33.6 Å². The molecule has 296 valence electrons. The monoisotopic (exact) mass is 818 g/mol. The zero-order valence-corrected chi connectivity index (χ0v) is 35.6. The minimum absolute atomic E-state index is 1.13. The maximum Gasteiger partial charge on any atom is 0.180 e. The Bertz CT molecular complexity index is 3490. The number of hydrogen-bond acceptors (Lipinski definition) is 0. The highest BCUT2D eigenvalue weighted by Gasteiger charge is 2.43. The highest BCUT2D eigenvalue weighted by molar-refractivity contribution is 7.20. The molecule has 0 unspecified atom stereocenters. The van der Waals surface area contributed by atoms with Gasteiger partial charge < -0.3 is 9.13 Å². The summed E-state index contributed by atoms with van der Waals surface area (Å²) in [5.74, 6) is 0. The van der Waals surface area contributed by atoms with E-state index in [2.05, 4.69) is 264 Å². The number of hydrogen-bond donors (Lipinski definition) is 0. The summed E-state index contributed by atoms with van der Waals surface area (Å²) in [6, 6.07) is 94.2. The molecule has 12 rings (SSSR count). The molecule has 0 radical (unpaired) electrons. The van der Waals surface area contributed by atoms with Crippen molar-refractivity contribution in [3.63, 3.8) is 0 Å². The van der Waals surface area contributed by atoms with Crippen molar-refractivity contribution >= 4 is 72.4 Å². The smallest absolute Gasteiger partial charge is 0.180 e. The summed E-state index contributed by atoms with van der Waals surface area (Å²) >= 11 is 0. The van der Waals surface area contributed by atoms with E-state index in [1.165, 1.54) is 86.6 Å². The first kappa shape index (κ1) is 36.8. The van der Waals surface area contributed by atoms with Crippen LogP contribution in [0.1, 0.15) is 0 Å². The van der Waals surface area contributed by atoms with Crippen molar-refractivity contribution in [2.24, 2.45) is 0 Å². The number of fused-ring (bicyclic) bond motifs is 6. The molecule has 0 aliphatic rings. The molecule has 0 atom stereocenters. The highest BCUT2D eigenvalue weighted by atomic mass is 28.3. The molecule has 0 aliphatic heterocycles. The van der Waals surface area contributed by atoms with Crippen LogP contribution in [0.3, 0.4) is 0 Å². The van der Waals surface area contributed by atoms with Crippen LogP contribution in [0, 0.1) is 0 Å². The molecule has 0 bridgehead atoms. The van der Waals surface area contributed by atoms with Gasteiger partial charge >= 0.3 is 0 Å². The van der Waals surface area contributed by atoms with E-state index >= 15 is 0 Å². The summed E-state index contributed by atoms with van der Waals surface area (Å²) in [6.45, 7) is 0. The van der Waals surface area contributed by atoms with E-state index in [4.69, 9.17) is 0 Å². The fraction of sp³-hybridized carbons (Fsp3) is 0. The molecule has 0 spiro atoms. The largest absolute Gasteiger partial charge is 0.307 e. The predicted molar refractivity (Wildman–Crippen MR) is 270 cm³/mol. The van der Waals surface area contributed by atoms with Crippen molar-refractivity contribution in [1.82, 2.24) is 9.13 Å². The molecule has 0 fully saturated rings. The van der Waals surface area contributed by atoms with Gasteiger partial charge in [-0.15, -0.1) is 0 Å². The Hall–Kier alpha value is -7.98. The minimum Gasteiger partial charge on any atom is -0.307 e. The van der Waals surface area contributed by atoms with Gasteiger partial charge in [-0.25, -0.2) is 0 Å². The Morgan fingerprint density at radius 3 is 1.35 bits per heavy atom. The fourth-order valence-electron chi connectivity index (χ4n) is 10.4. The van der Waals surface area contributed by atoms with Crippen LogP contribution in [0.15, 0.2) is 255 Å². The van der Waals surface area contributed by atoms with Crippen LogP contribution in [-0.4, -0.2) is 17.2 Å². The zero-order chi connectivity index (χ0) is 41.7. The van der Waals surface area contributed by atoms with Gasteiger partial charge in [-0.1, -0.05) is 212 Å². The van der Waals surface area contributed by atoms with E-state index in [1.54, 1.807) is 0 Å². The summed E-state index contributed by atoms with van der Waals surface area (Å²) in [4.78, 5) is 0. The number of para-hydroxylation sites is 3. The maximum atomic E-state index is 2.54. The van der Waals surface area contributed by atoms with Crippen LogP contribution in [0.4, 0.5) is 0 Å². The lowest BCUT2D eigenvalue weighted by atomic mass is 9.99. The molecular formula is C60H42N2Si. The normalized spacial score (nSPS) is 11.8. The van der Waals surface area contributed by atoms with E-state index in [0.717, 1.165) is 11.4 Å². The number of rotatable bonds is 8. The van der Waals surface area contributed by atoms with Crippen molar-refractivity contribution in [2.75, 3.05) is 0 Å². The van der Waals surface area contributed by atoms with Crippen LogP contribution in [0.2, 0.25) is 0 Å². The molecule has 10 aromatic carbocycles. The van der Waals surface area contributed by atoms with E-state index in [9.17, 15) is 0 Å². The Balaban J connectivity index is 1.12. The summed E-state index contributed by atoms with van der Waals surface area (Å²) in [5.41, 5.74) is 11.9. The molecule has 0 amide bonds. The van der Waals surface area contributed by atoms with Crippen molar-refractivity contribution in [2.45, 2.75) is 0 Å². The van der Waals surface area contributed by atoms with Crippen LogP contribution < -0.4 is 20.7 Å². The Labute approximate surface area is 368 Å². The first-order chi connectivity index (χ1) is 31.3. The summed E-state index contributed by atoms with van der Waals surface area (Å²) in [6.07, 6.45) is 0. The first-order valence-electron chi connectivity index (χ1n) is 21.8. The second-order valence-electron chi connectivity index (χ2n) is 16.4. The predicted octanol–water partition coefficient (Wildman–Crippen LogP) is 12.6. The van der Waals surface area contributed by atoms with Gasteiger partial charge in [0, 0.05) is 27.2 Å². The lowest BCUT2D eigenvalue weighted by molar-refractivity contribution is 1.13. The van der Waals surface area contributed by atoms with Gasteiger partial charge in [-0.3, -0.25) is 0 Å². The quantitative estimate of drug-likeness (QED) is 0.107. The van der Waals surface area contributed by atoms with Gasteiger partial charge in [0.1, 0.15) is 0 Å². The summed E-state index contributed by atoms with van der Waals surface area (Å²) in [7, 11) is -2.89. The van der Waals surface area contributed by atoms with Gasteiger partial charge in [0.15, 0.2) is 8.07 Å². The molecule has 2 aromatic heterocycles. The maximum absolute atomic E-state index is 2.89. The Kier molecular flexibility index (Phi) is 8.87.